The van der Waals surface area contributed by atoms with Crippen molar-refractivity contribution in [2.24, 2.45) is 7.05 Å². The van der Waals surface area contributed by atoms with Crippen LogP contribution in [-0.2, 0) is 12.8 Å². The zero-order chi connectivity index (χ0) is 23.0. The molecule has 0 saturated carbocycles. The van der Waals surface area contributed by atoms with Crippen molar-refractivity contribution in [1.29, 1.82) is 0 Å². The maximum atomic E-state index is 12.9. The Balaban J connectivity index is 1.81. The zero-order valence-corrected chi connectivity index (χ0v) is 19.8. The van der Waals surface area contributed by atoms with Gasteiger partial charge in [-0.25, -0.2) is 0 Å². The van der Waals surface area contributed by atoms with Crippen molar-refractivity contribution in [3.63, 3.8) is 0 Å². The van der Waals surface area contributed by atoms with Gasteiger partial charge in [-0.1, -0.05) is 42.4 Å². The third kappa shape index (κ3) is 4.02. The number of nitrogens with one attached hydrogen (secondary N) is 1. The first-order valence-corrected chi connectivity index (χ1v) is 11.7. The minimum Gasteiger partial charge on any atom is -0.350 e. The van der Waals surface area contributed by atoms with Crippen molar-refractivity contribution in [3.8, 4) is 0 Å². The quantitative estimate of drug-likeness (QED) is 0.450. The molecule has 0 aliphatic carbocycles. The number of hydrogen-bond donors (Lipinski definition) is 1. The smallest absolute Gasteiger partial charge is 0.262 e. The third-order valence-electron chi connectivity index (χ3n) is 5.80. The highest BCUT2D eigenvalue weighted by atomic mass is 32.2. The third-order valence-corrected chi connectivity index (χ3v) is 6.78. The van der Waals surface area contributed by atoms with E-state index in [4.69, 9.17) is 0 Å². The Morgan fingerprint density at radius 1 is 1.16 bits per heavy atom. The lowest BCUT2D eigenvalue weighted by Gasteiger charge is -2.13. The fourth-order valence-electron chi connectivity index (χ4n) is 3.60. The number of benzene rings is 2. The first-order valence-electron chi connectivity index (χ1n) is 10.7. The minimum atomic E-state index is -0.167. The average molecular weight is 450 g/mol. The van der Waals surface area contributed by atoms with Crippen molar-refractivity contribution >= 4 is 34.3 Å². The Morgan fingerprint density at radius 2 is 1.94 bits per heavy atom. The maximum absolute atomic E-state index is 12.9. The number of aromatic nitrogens is 4. The molecule has 0 unspecified atom stereocenters. The van der Waals surface area contributed by atoms with Gasteiger partial charge >= 0.3 is 0 Å². The van der Waals surface area contributed by atoms with E-state index in [0.717, 1.165) is 12.2 Å². The van der Waals surface area contributed by atoms with E-state index in [9.17, 15) is 9.59 Å². The lowest BCUT2D eigenvalue weighted by atomic mass is 10.1. The summed E-state index contributed by atoms with van der Waals surface area (Å²) < 4.78 is 3.36. The topological polar surface area (TPSA) is 81.3 Å². The number of hydrogen-bond acceptors (Lipinski definition) is 5. The molecule has 0 saturated heterocycles. The van der Waals surface area contributed by atoms with Crippen molar-refractivity contribution < 1.29 is 4.79 Å². The fourth-order valence-corrected chi connectivity index (χ4v) is 4.60. The van der Waals surface area contributed by atoms with E-state index in [1.165, 1.54) is 21.3 Å². The van der Waals surface area contributed by atoms with E-state index in [1.807, 2.05) is 18.2 Å². The van der Waals surface area contributed by atoms with E-state index in [1.54, 1.807) is 37.0 Å². The monoisotopic (exact) mass is 449 g/mol. The number of fused-ring (bicyclic) bond motifs is 3. The Kier molecular flexibility index (Phi) is 6.06. The van der Waals surface area contributed by atoms with E-state index >= 15 is 0 Å². The summed E-state index contributed by atoms with van der Waals surface area (Å²) in [5.41, 5.74) is 4.63. The Hall–Kier alpha value is -3.13. The van der Waals surface area contributed by atoms with Crippen molar-refractivity contribution in [2.75, 3.05) is 0 Å². The molecular formula is C24H27N5O2S. The molecular weight excluding hydrogens is 422 g/mol. The maximum Gasteiger partial charge on any atom is 0.262 e. The summed E-state index contributed by atoms with van der Waals surface area (Å²) in [6.45, 7) is 8.16. The van der Waals surface area contributed by atoms with Gasteiger partial charge < -0.3 is 5.32 Å². The summed E-state index contributed by atoms with van der Waals surface area (Å²) in [5.74, 6) is 1.02. The van der Waals surface area contributed by atoms with Crippen LogP contribution in [0.5, 0.6) is 0 Å². The largest absolute Gasteiger partial charge is 0.350 e. The van der Waals surface area contributed by atoms with E-state index in [-0.39, 0.29) is 17.5 Å². The van der Waals surface area contributed by atoms with Crippen LogP contribution >= 0.6 is 11.8 Å². The first-order chi connectivity index (χ1) is 15.3. The molecule has 166 valence electrons. The van der Waals surface area contributed by atoms with Crippen molar-refractivity contribution in [1.82, 2.24) is 24.5 Å². The molecule has 0 aliphatic rings. The summed E-state index contributed by atoms with van der Waals surface area (Å²) >= 11 is 1.56. The van der Waals surface area contributed by atoms with Gasteiger partial charge in [0, 0.05) is 24.4 Å². The molecule has 2 aromatic heterocycles. The highest BCUT2D eigenvalue weighted by Gasteiger charge is 2.18. The van der Waals surface area contributed by atoms with Crippen LogP contribution in [0, 0.1) is 13.8 Å². The van der Waals surface area contributed by atoms with Gasteiger partial charge in [-0.15, -0.1) is 10.2 Å². The lowest BCUT2D eigenvalue weighted by Crippen LogP contribution is -2.32. The van der Waals surface area contributed by atoms with Gasteiger partial charge in [0.2, 0.25) is 5.78 Å². The van der Waals surface area contributed by atoms with Gasteiger partial charge in [0.15, 0.2) is 5.16 Å². The molecule has 4 rings (SSSR count). The molecule has 32 heavy (non-hydrogen) atoms. The van der Waals surface area contributed by atoms with Crippen LogP contribution in [0.4, 0.5) is 0 Å². The predicted octanol–water partition coefficient (Wildman–Crippen LogP) is 4.02. The van der Waals surface area contributed by atoms with Crippen LogP contribution in [0.15, 0.2) is 46.3 Å². The van der Waals surface area contributed by atoms with Gasteiger partial charge in [0.1, 0.15) is 0 Å². The van der Waals surface area contributed by atoms with Gasteiger partial charge in [0.05, 0.1) is 10.9 Å². The number of amides is 1. The van der Waals surface area contributed by atoms with Crippen LogP contribution in [0.25, 0.3) is 16.7 Å². The molecule has 0 radical (unpaired) electrons. The number of thioether (sulfide) groups is 1. The van der Waals surface area contributed by atoms with Crippen LogP contribution in [0.2, 0.25) is 0 Å². The van der Waals surface area contributed by atoms with Gasteiger partial charge in [-0.2, -0.15) is 0 Å². The van der Waals surface area contributed by atoms with Crippen LogP contribution < -0.4 is 10.9 Å². The molecule has 0 spiro atoms. The highest BCUT2D eigenvalue weighted by Crippen LogP contribution is 2.26. The SMILES string of the molecule is CC[C@@H](C)NC(=O)c1ccc2c(=O)n(C)c3nnc(SCc4cc(C)ccc4C)n3c2c1. The number of carbonyl (C=O) groups is 1. The van der Waals surface area contributed by atoms with Gasteiger partial charge in [-0.05, 0) is 56.5 Å². The van der Waals surface area contributed by atoms with Crippen LogP contribution in [0.3, 0.4) is 0 Å². The van der Waals surface area contributed by atoms with E-state index in [0.29, 0.717) is 27.4 Å². The Bertz CT molecular complexity index is 1390. The van der Waals surface area contributed by atoms with Crippen molar-refractivity contribution in [3.05, 3.63) is 69.0 Å². The second kappa shape index (κ2) is 8.78. The fraction of sp³-hybridized carbons (Fsp3) is 0.333. The molecule has 0 fully saturated rings. The van der Waals surface area contributed by atoms with Crippen molar-refractivity contribution in [2.45, 2.75) is 51.1 Å². The standard InChI is InChI=1S/C24H27N5O2S/c1-6-16(4)25-21(30)17-9-10-19-20(12-17)29-23(28(5)22(19)31)26-27-24(29)32-13-18-11-14(2)7-8-15(18)3/h7-12,16H,6,13H2,1-5H3,(H,25,30)/t16-/m1/s1. The summed E-state index contributed by atoms with van der Waals surface area (Å²) in [7, 11) is 1.69. The highest BCUT2D eigenvalue weighted by molar-refractivity contribution is 7.98. The Morgan fingerprint density at radius 3 is 2.69 bits per heavy atom. The molecule has 7 nitrogen and oxygen atoms in total. The van der Waals surface area contributed by atoms with Gasteiger partial charge in [-0.3, -0.25) is 18.6 Å². The normalized spacial score (nSPS) is 12.4. The van der Waals surface area contributed by atoms with E-state index in [2.05, 4.69) is 47.6 Å². The molecule has 2 aromatic carbocycles. The summed E-state index contributed by atoms with van der Waals surface area (Å²) in [6, 6.07) is 11.6. The molecule has 4 aromatic rings. The van der Waals surface area contributed by atoms with E-state index < -0.39 is 0 Å². The lowest BCUT2D eigenvalue weighted by molar-refractivity contribution is 0.0939. The predicted molar refractivity (Wildman–Crippen MR) is 128 cm³/mol. The molecule has 8 heteroatoms. The molecule has 2 heterocycles. The van der Waals surface area contributed by atoms with Crippen LogP contribution in [0.1, 0.15) is 47.3 Å². The van der Waals surface area contributed by atoms with Gasteiger partial charge in [0.25, 0.3) is 11.5 Å². The second-order valence-corrected chi connectivity index (χ2v) is 9.16. The first kappa shape index (κ1) is 22.1. The molecule has 1 atom stereocenters. The second-order valence-electron chi connectivity index (χ2n) is 8.22. The zero-order valence-electron chi connectivity index (χ0n) is 19.0. The molecule has 1 amide bonds. The average Bonchev–Trinajstić information content (AvgIpc) is 3.21. The molecule has 0 bridgehead atoms. The summed E-state index contributed by atoms with van der Waals surface area (Å²) in [4.78, 5) is 25.6. The Labute approximate surface area is 190 Å². The number of nitrogens with zero attached hydrogens (tertiary/aromatic N) is 4. The summed E-state index contributed by atoms with van der Waals surface area (Å²) in [5, 5.41) is 12.8. The summed E-state index contributed by atoms with van der Waals surface area (Å²) in [6.07, 6.45) is 0.842. The number of aryl methyl sites for hydroxylation is 3. The number of carbonyl (C=O) groups excluding carboxylic acids is 1. The molecule has 0 aliphatic heterocycles. The molecule has 1 N–H and O–H groups in total. The number of rotatable bonds is 6. The minimum absolute atomic E-state index is 0.0699. The van der Waals surface area contributed by atoms with Crippen LogP contribution in [-0.4, -0.2) is 31.1 Å².